The topological polar surface area (TPSA) is 96.0 Å². The van der Waals surface area contributed by atoms with Crippen LogP contribution in [0.5, 0.6) is 5.75 Å². The van der Waals surface area contributed by atoms with Gasteiger partial charge in [-0.2, -0.15) is 0 Å². The average molecular weight is 695 g/mol. The molecule has 0 spiro atoms. The number of ether oxygens (including phenoxy) is 1. The summed E-state index contributed by atoms with van der Waals surface area (Å²) in [5.41, 5.74) is 0.756. The van der Waals surface area contributed by atoms with Crippen molar-refractivity contribution in [1.29, 1.82) is 0 Å². The molecule has 1 saturated carbocycles. The second-order valence-electron chi connectivity index (χ2n) is 10.9. The van der Waals surface area contributed by atoms with Crippen LogP contribution in [0.3, 0.4) is 0 Å². The van der Waals surface area contributed by atoms with E-state index in [1.54, 1.807) is 49.4 Å². The first-order valence-electron chi connectivity index (χ1n) is 15.1. The van der Waals surface area contributed by atoms with Crippen molar-refractivity contribution in [2.45, 2.75) is 75.9 Å². The van der Waals surface area contributed by atoms with E-state index in [0.29, 0.717) is 32.8 Å². The maximum atomic E-state index is 14.4. The number of hydrogen-bond acceptors (Lipinski definition) is 5. The third kappa shape index (κ3) is 8.85. The largest absolute Gasteiger partial charge is 0.492 e. The first-order valence-corrected chi connectivity index (χ1v) is 17.7. The number of sulfonamides is 1. The molecule has 1 atom stereocenters. The number of benzene rings is 3. The highest BCUT2D eigenvalue weighted by molar-refractivity contribution is 7.92. The Morgan fingerprint density at radius 1 is 0.933 bits per heavy atom. The van der Waals surface area contributed by atoms with E-state index in [0.717, 1.165) is 36.4 Å². The second kappa shape index (κ2) is 16.0. The van der Waals surface area contributed by atoms with Crippen LogP contribution in [0.4, 0.5) is 5.69 Å². The fraction of sp³-hybridized carbons (Fsp3) is 0.394. The lowest BCUT2D eigenvalue weighted by molar-refractivity contribution is -0.140. The van der Waals surface area contributed by atoms with E-state index < -0.39 is 28.5 Å². The molecule has 0 heterocycles. The maximum Gasteiger partial charge on any atom is 0.264 e. The van der Waals surface area contributed by atoms with Crippen LogP contribution < -0.4 is 14.4 Å². The normalized spacial score (nSPS) is 14.4. The molecular weight excluding hydrogens is 657 g/mol. The number of amides is 2. The number of carbonyl (C=O) groups is 2. The zero-order valence-corrected chi connectivity index (χ0v) is 28.4. The molecule has 4 rings (SSSR count). The summed E-state index contributed by atoms with van der Waals surface area (Å²) in [6.07, 6.45) is 5.24. The lowest BCUT2D eigenvalue weighted by Crippen LogP contribution is -2.54. The number of carbonyl (C=O) groups excluding carboxylic acids is 2. The van der Waals surface area contributed by atoms with Crippen LogP contribution in [0.15, 0.2) is 71.6 Å². The monoisotopic (exact) mass is 693 g/mol. The molecule has 1 N–H and O–H groups in total. The highest BCUT2D eigenvalue weighted by Gasteiger charge is 2.35. The van der Waals surface area contributed by atoms with Crippen molar-refractivity contribution in [2.24, 2.45) is 0 Å². The number of para-hydroxylation sites is 2. The van der Waals surface area contributed by atoms with E-state index in [1.165, 1.54) is 29.2 Å². The standard InChI is InChI=1S/C33H38Cl3N3O5S/c1-3-29(33(41)37-26-10-6-5-7-11-26)38(21-23-14-15-25(35)20-28(23)36)32(40)22-39(30-12-8-9-13-31(30)44-4-2)45(42,43)27-18-16-24(34)17-19-27/h8-9,12-20,26,29H,3-7,10-11,21-22H2,1-2H3,(H,37,41). The number of rotatable bonds is 13. The zero-order valence-electron chi connectivity index (χ0n) is 25.3. The van der Waals surface area contributed by atoms with Gasteiger partial charge in [0, 0.05) is 27.7 Å². The van der Waals surface area contributed by atoms with Gasteiger partial charge in [-0.05, 0) is 80.3 Å². The molecule has 242 valence electrons. The van der Waals surface area contributed by atoms with Gasteiger partial charge >= 0.3 is 0 Å². The molecule has 12 heteroatoms. The SMILES string of the molecule is CCOc1ccccc1N(CC(=O)N(Cc1ccc(Cl)cc1Cl)C(CC)C(=O)NC1CCCCC1)S(=O)(=O)c1ccc(Cl)cc1. The average Bonchev–Trinajstić information content (AvgIpc) is 3.02. The lowest BCUT2D eigenvalue weighted by atomic mass is 9.95. The van der Waals surface area contributed by atoms with Crippen molar-refractivity contribution in [3.8, 4) is 5.75 Å². The van der Waals surface area contributed by atoms with Crippen molar-refractivity contribution in [2.75, 3.05) is 17.5 Å². The fourth-order valence-corrected chi connectivity index (χ4v) is 7.50. The van der Waals surface area contributed by atoms with Gasteiger partial charge in [0.15, 0.2) is 0 Å². The Balaban J connectivity index is 1.76. The number of anilines is 1. The minimum Gasteiger partial charge on any atom is -0.492 e. The van der Waals surface area contributed by atoms with Crippen LogP contribution in [-0.4, -0.2) is 50.4 Å². The summed E-state index contributed by atoms with van der Waals surface area (Å²) in [6.45, 7) is 3.25. The molecule has 3 aromatic rings. The van der Waals surface area contributed by atoms with Gasteiger partial charge in [-0.1, -0.05) is 79.2 Å². The van der Waals surface area contributed by atoms with E-state index in [2.05, 4.69) is 5.32 Å². The smallest absolute Gasteiger partial charge is 0.264 e. The van der Waals surface area contributed by atoms with Crippen molar-refractivity contribution in [3.05, 3.63) is 87.4 Å². The van der Waals surface area contributed by atoms with Crippen molar-refractivity contribution in [1.82, 2.24) is 10.2 Å². The maximum absolute atomic E-state index is 14.4. The first kappa shape index (κ1) is 34.9. The third-order valence-corrected chi connectivity index (χ3v) is 10.4. The summed E-state index contributed by atoms with van der Waals surface area (Å²) in [5.74, 6) is -0.583. The Morgan fingerprint density at radius 2 is 1.60 bits per heavy atom. The van der Waals surface area contributed by atoms with Gasteiger partial charge in [0.2, 0.25) is 11.8 Å². The summed E-state index contributed by atoms with van der Waals surface area (Å²) >= 11 is 18.7. The zero-order chi connectivity index (χ0) is 32.6. The van der Waals surface area contributed by atoms with Gasteiger partial charge in [0.1, 0.15) is 18.3 Å². The van der Waals surface area contributed by atoms with Crippen LogP contribution in [0.25, 0.3) is 0 Å². The van der Waals surface area contributed by atoms with E-state index in [-0.39, 0.29) is 35.7 Å². The molecule has 0 radical (unpaired) electrons. The quantitative estimate of drug-likeness (QED) is 0.200. The molecule has 3 aromatic carbocycles. The summed E-state index contributed by atoms with van der Waals surface area (Å²) in [6, 6.07) is 16.4. The van der Waals surface area contributed by atoms with E-state index in [1.807, 2.05) is 6.92 Å². The van der Waals surface area contributed by atoms with Gasteiger partial charge in [0.25, 0.3) is 10.0 Å². The van der Waals surface area contributed by atoms with Crippen LogP contribution in [-0.2, 0) is 26.2 Å². The Hall–Kier alpha value is -2.98. The molecule has 1 aliphatic rings. The summed E-state index contributed by atoms with van der Waals surface area (Å²) in [5, 5.41) is 4.26. The van der Waals surface area contributed by atoms with E-state index >= 15 is 0 Å². The highest BCUT2D eigenvalue weighted by Crippen LogP contribution is 2.33. The molecular formula is C33H38Cl3N3O5S. The van der Waals surface area contributed by atoms with Gasteiger partial charge in [0.05, 0.1) is 17.2 Å². The molecule has 0 aliphatic heterocycles. The Morgan fingerprint density at radius 3 is 2.24 bits per heavy atom. The summed E-state index contributed by atoms with van der Waals surface area (Å²) in [4.78, 5) is 29.5. The summed E-state index contributed by atoms with van der Waals surface area (Å²) < 4.78 is 35.2. The molecule has 0 saturated heterocycles. The molecule has 1 unspecified atom stereocenters. The summed E-state index contributed by atoms with van der Waals surface area (Å²) in [7, 11) is -4.30. The van der Waals surface area contributed by atoms with Crippen LogP contribution in [0, 0.1) is 0 Å². The van der Waals surface area contributed by atoms with Gasteiger partial charge in [-0.3, -0.25) is 13.9 Å². The Bertz CT molecular complexity index is 1580. The predicted molar refractivity (Wildman–Crippen MR) is 180 cm³/mol. The number of nitrogens with one attached hydrogen (secondary N) is 1. The van der Waals surface area contributed by atoms with Crippen LogP contribution >= 0.6 is 34.8 Å². The van der Waals surface area contributed by atoms with E-state index in [4.69, 9.17) is 39.5 Å². The number of nitrogens with zero attached hydrogens (tertiary/aromatic N) is 2. The fourth-order valence-electron chi connectivity index (χ4n) is 5.49. The van der Waals surface area contributed by atoms with Crippen LogP contribution in [0.1, 0.15) is 57.9 Å². The molecule has 8 nitrogen and oxygen atoms in total. The Kier molecular flexibility index (Phi) is 12.4. The van der Waals surface area contributed by atoms with Gasteiger partial charge in [-0.25, -0.2) is 8.42 Å². The predicted octanol–water partition coefficient (Wildman–Crippen LogP) is 7.50. The molecule has 0 bridgehead atoms. The van der Waals surface area contributed by atoms with Gasteiger partial charge < -0.3 is 15.0 Å². The van der Waals surface area contributed by atoms with E-state index in [9.17, 15) is 18.0 Å². The molecule has 0 aromatic heterocycles. The minimum absolute atomic E-state index is 0.0243. The minimum atomic E-state index is -4.30. The van der Waals surface area contributed by atoms with Crippen molar-refractivity contribution >= 4 is 62.3 Å². The third-order valence-electron chi connectivity index (χ3n) is 7.81. The molecule has 45 heavy (non-hydrogen) atoms. The second-order valence-corrected chi connectivity index (χ2v) is 14.0. The number of halogens is 3. The Labute approximate surface area is 280 Å². The number of hydrogen-bond donors (Lipinski definition) is 1. The molecule has 2 amide bonds. The lowest BCUT2D eigenvalue weighted by Gasteiger charge is -2.35. The highest BCUT2D eigenvalue weighted by atomic mass is 35.5. The van der Waals surface area contributed by atoms with Crippen LogP contribution in [0.2, 0.25) is 15.1 Å². The van der Waals surface area contributed by atoms with Crippen molar-refractivity contribution < 1.29 is 22.7 Å². The van der Waals surface area contributed by atoms with Gasteiger partial charge in [-0.15, -0.1) is 0 Å². The molecule has 1 aliphatic carbocycles. The molecule has 1 fully saturated rings. The van der Waals surface area contributed by atoms with Crippen molar-refractivity contribution in [3.63, 3.8) is 0 Å². The first-order chi connectivity index (χ1) is 21.5.